The molecule has 4 rings (SSSR count). The van der Waals surface area contributed by atoms with Crippen LogP contribution in [0.5, 0.6) is 5.75 Å². The van der Waals surface area contributed by atoms with Gasteiger partial charge in [-0.15, -0.1) is 0 Å². The lowest BCUT2D eigenvalue weighted by Gasteiger charge is -2.06. The van der Waals surface area contributed by atoms with Crippen molar-refractivity contribution in [2.24, 2.45) is 5.10 Å². The molecule has 0 spiro atoms. The molecule has 5 heteroatoms. The number of hydrogen-bond donors (Lipinski definition) is 2. The zero-order chi connectivity index (χ0) is 19.2. The van der Waals surface area contributed by atoms with Crippen molar-refractivity contribution in [1.82, 2.24) is 10.4 Å². The lowest BCUT2D eigenvalue weighted by Crippen LogP contribution is -2.17. The van der Waals surface area contributed by atoms with E-state index in [1.807, 2.05) is 78.9 Å². The molecule has 0 saturated carbocycles. The predicted molar refractivity (Wildman–Crippen MR) is 111 cm³/mol. The summed E-state index contributed by atoms with van der Waals surface area (Å²) in [5.74, 6) is 0.458. The number of carbonyl (C=O) groups is 1. The minimum Gasteiger partial charge on any atom is -0.489 e. The standard InChI is InChI=1S/C23H19N3O2/c27-23(26-24-15-17-7-3-1-4-8-17)22-14-19-13-20(11-12-21(19)25-22)28-16-18-9-5-2-6-10-18/h1-15,25H,16H2,(H,26,27)/b24-15-. The van der Waals surface area contributed by atoms with Gasteiger partial charge >= 0.3 is 0 Å². The van der Waals surface area contributed by atoms with E-state index in [1.54, 1.807) is 12.3 Å². The van der Waals surface area contributed by atoms with Crippen LogP contribution in [0.4, 0.5) is 0 Å². The highest BCUT2D eigenvalue weighted by molar-refractivity contribution is 5.98. The van der Waals surface area contributed by atoms with Gasteiger partial charge in [-0.1, -0.05) is 60.7 Å². The summed E-state index contributed by atoms with van der Waals surface area (Å²) in [6, 6.07) is 27.1. The molecule has 5 nitrogen and oxygen atoms in total. The second-order valence-electron chi connectivity index (χ2n) is 6.32. The summed E-state index contributed by atoms with van der Waals surface area (Å²) in [5, 5.41) is 4.90. The molecule has 0 bridgehead atoms. The van der Waals surface area contributed by atoms with Crippen LogP contribution in [0.1, 0.15) is 21.6 Å². The molecule has 1 heterocycles. The van der Waals surface area contributed by atoms with Gasteiger partial charge in [0.25, 0.3) is 5.91 Å². The van der Waals surface area contributed by atoms with Gasteiger partial charge in [0, 0.05) is 10.9 Å². The first-order chi connectivity index (χ1) is 13.8. The molecule has 0 unspecified atom stereocenters. The molecule has 138 valence electrons. The zero-order valence-electron chi connectivity index (χ0n) is 15.1. The Morgan fingerprint density at radius 2 is 1.71 bits per heavy atom. The highest BCUT2D eigenvalue weighted by Gasteiger charge is 2.09. The Kier molecular flexibility index (Phi) is 5.15. The quantitative estimate of drug-likeness (QED) is 0.388. The van der Waals surface area contributed by atoms with E-state index in [9.17, 15) is 4.79 Å². The molecule has 28 heavy (non-hydrogen) atoms. The van der Waals surface area contributed by atoms with E-state index in [0.29, 0.717) is 12.3 Å². The van der Waals surface area contributed by atoms with Gasteiger partial charge in [0.15, 0.2) is 0 Å². The summed E-state index contributed by atoms with van der Waals surface area (Å²) >= 11 is 0. The van der Waals surface area contributed by atoms with Crippen molar-refractivity contribution in [1.29, 1.82) is 0 Å². The maximum Gasteiger partial charge on any atom is 0.287 e. The number of rotatable bonds is 6. The van der Waals surface area contributed by atoms with Crippen molar-refractivity contribution in [2.45, 2.75) is 6.61 Å². The van der Waals surface area contributed by atoms with Crippen LogP contribution in [-0.4, -0.2) is 17.1 Å². The van der Waals surface area contributed by atoms with Crippen LogP contribution in [-0.2, 0) is 6.61 Å². The topological polar surface area (TPSA) is 66.5 Å². The van der Waals surface area contributed by atoms with Crippen LogP contribution in [0.3, 0.4) is 0 Å². The molecule has 0 radical (unpaired) electrons. The molecule has 0 atom stereocenters. The number of amides is 1. The van der Waals surface area contributed by atoms with E-state index in [1.165, 1.54) is 0 Å². The predicted octanol–water partition coefficient (Wildman–Crippen LogP) is 4.51. The van der Waals surface area contributed by atoms with Crippen LogP contribution in [0.25, 0.3) is 10.9 Å². The largest absolute Gasteiger partial charge is 0.489 e. The number of nitrogens with one attached hydrogen (secondary N) is 2. The number of aromatic amines is 1. The summed E-state index contributed by atoms with van der Waals surface area (Å²) in [4.78, 5) is 15.4. The van der Waals surface area contributed by atoms with Crippen molar-refractivity contribution < 1.29 is 9.53 Å². The Morgan fingerprint density at radius 3 is 2.50 bits per heavy atom. The second-order valence-corrected chi connectivity index (χ2v) is 6.32. The Morgan fingerprint density at radius 1 is 0.964 bits per heavy atom. The number of hydrogen-bond acceptors (Lipinski definition) is 3. The monoisotopic (exact) mass is 369 g/mol. The number of aromatic nitrogens is 1. The smallest absolute Gasteiger partial charge is 0.287 e. The first kappa shape index (κ1) is 17.5. The third kappa shape index (κ3) is 4.27. The number of fused-ring (bicyclic) bond motifs is 1. The van der Waals surface area contributed by atoms with Gasteiger partial charge in [0.05, 0.1) is 6.21 Å². The molecular formula is C23H19N3O2. The van der Waals surface area contributed by atoms with Crippen molar-refractivity contribution in [3.8, 4) is 5.75 Å². The number of benzene rings is 3. The summed E-state index contributed by atoms with van der Waals surface area (Å²) in [6.45, 7) is 0.498. The van der Waals surface area contributed by atoms with Gasteiger partial charge in [0.1, 0.15) is 18.1 Å². The summed E-state index contributed by atoms with van der Waals surface area (Å²) < 4.78 is 5.85. The van der Waals surface area contributed by atoms with Gasteiger partial charge in [-0.2, -0.15) is 5.10 Å². The molecule has 3 aromatic carbocycles. The Balaban J connectivity index is 1.42. The van der Waals surface area contributed by atoms with Crippen LogP contribution < -0.4 is 10.2 Å². The van der Waals surface area contributed by atoms with Gasteiger partial charge in [-0.05, 0) is 35.4 Å². The zero-order valence-corrected chi connectivity index (χ0v) is 15.1. The fourth-order valence-corrected chi connectivity index (χ4v) is 2.83. The van der Waals surface area contributed by atoms with E-state index in [4.69, 9.17) is 4.74 Å². The van der Waals surface area contributed by atoms with Crippen molar-refractivity contribution >= 4 is 23.0 Å². The van der Waals surface area contributed by atoms with E-state index >= 15 is 0 Å². The first-order valence-electron chi connectivity index (χ1n) is 8.96. The molecule has 0 fully saturated rings. The van der Waals surface area contributed by atoms with Gasteiger partial charge < -0.3 is 9.72 Å². The highest BCUT2D eigenvalue weighted by Crippen LogP contribution is 2.22. The lowest BCUT2D eigenvalue weighted by molar-refractivity contribution is 0.0951. The molecule has 0 aliphatic carbocycles. The minimum atomic E-state index is -0.296. The number of hydrazone groups is 1. The minimum absolute atomic E-state index is 0.296. The van der Waals surface area contributed by atoms with Gasteiger partial charge in [-0.3, -0.25) is 4.79 Å². The Hall–Kier alpha value is -3.86. The fourth-order valence-electron chi connectivity index (χ4n) is 2.83. The molecule has 2 N–H and O–H groups in total. The van der Waals surface area contributed by atoms with Crippen molar-refractivity contribution in [3.05, 3.63) is 102 Å². The number of nitrogens with zero attached hydrogens (tertiary/aromatic N) is 1. The SMILES string of the molecule is O=C(N/N=C\c1ccccc1)c1cc2cc(OCc3ccccc3)ccc2[nH]1. The summed E-state index contributed by atoms with van der Waals surface area (Å²) in [7, 11) is 0. The first-order valence-corrected chi connectivity index (χ1v) is 8.96. The van der Waals surface area contributed by atoms with Crippen LogP contribution in [0.2, 0.25) is 0 Å². The van der Waals surface area contributed by atoms with Crippen molar-refractivity contribution in [2.75, 3.05) is 0 Å². The normalized spacial score (nSPS) is 11.0. The molecule has 0 aliphatic rings. The van der Waals surface area contributed by atoms with E-state index in [0.717, 1.165) is 27.8 Å². The lowest BCUT2D eigenvalue weighted by atomic mass is 10.2. The Bertz CT molecular complexity index is 1100. The molecule has 1 aromatic heterocycles. The van der Waals surface area contributed by atoms with Gasteiger partial charge in [0.2, 0.25) is 0 Å². The van der Waals surface area contributed by atoms with Crippen LogP contribution >= 0.6 is 0 Å². The maximum absolute atomic E-state index is 12.3. The summed E-state index contributed by atoms with van der Waals surface area (Å²) in [5.41, 5.74) is 5.87. The summed E-state index contributed by atoms with van der Waals surface area (Å²) in [6.07, 6.45) is 1.61. The molecular weight excluding hydrogens is 350 g/mol. The molecule has 4 aromatic rings. The average molecular weight is 369 g/mol. The maximum atomic E-state index is 12.3. The van der Waals surface area contributed by atoms with E-state index in [-0.39, 0.29) is 5.91 Å². The second kappa shape index (κ2) is 8.22. The molecule has 0 saturated heterocycles. The molecule has 0 aliphatic heterocycles. The number of H-pyrrole nitrogens is 1. The van der Waals surface area contributed by atoms with Crippen molar-refractivity contribution in [3.63, 3.8) is 0 Å². The average Bonchev–Trinajstić information content (AvgIpc) is 3.17. The van der Waals surface area contributed by atoms with Crippen LogP contribution in [0.15, 0.2) is 90.0 Å². The number of ether oxygens (including phenoxy) is 1. The van der Waals surface area contributed by atoms with Gasteiger partial charge in [-0.25, -0.2) is 5.43 Å². The van der Waals surface area contributed by atoms with E-state index in [2.05, 4.69) is 15.5 Å². The van der Waals surface area contributed by atoms with Crippen LogP contribution in [0, 0.1) is 0 Å². The fraction of sp³-hybridized carbons (Fsp3) is 0.0435. The Labute approximate surface area is 162 Å². The third-order valence-electron chi connectivity index (χ3n) is 4.26. The van der Waals surface area contributed by atoms with E-state index < -0.39 is 0 Å². The third-order valence-corrected chi connectivity index (χ3v) is 4.26. The molecule has 1 amide bonds. The highest BCUT2D eigenvalue weighted by atomic mass is 16.5. The number of carbonyl (C=O) groups excluding carboxylic acids is 1.